The molecule has 0 saturated carbocycles. The van der Waals surface area contributed by atoms with Crippen LogP contribution in [0.1, 0.15) is 31.4 Å². The second kappa shape index (κ2) is 9.70. The van der Waals surface area contributed by atoms with Gasteiger partial charge >= 0.3 is 0 Å². The first kappa shape index (κ1) is 21.1. The van der Waals surface area contributed by atoms with Crippen LogP contribution in [-0.4, -0.2) is 25.9 Å². The number of fused-ring (bicyclic) bond motifs is 1. The second-order valence-corrected chi connectivity index (χ2v) is 6.84. The van der Waals surface area contributed by atoms with Crippen LogP contribution in [0.3, 0.4) is 0 Å². The molecular weight excluding hydrogens is 384 g/mol. The summed E-state index contributed by atoms with van der Waals surface area (Å²) in [4.78, 5) is 12.2. The van der Waals surface area contributed by atoms with Gasteiger partial charge in [0, 0.05) is 6.04 Å². The third-order valence-electron chi connectivity index (χ3n) is 4.68. The van der Waals surface area contributed by atoms with Crippen LogP contribution in [0.4, 0.5) is 0 Å². The molecule has 0 aliphatic carbocycles. The first-order valence-electron chi connectivity index (χ1n) is 9.66. The number of hydrogen-bond acceptors (Lipinski definition) is 6. The molecule has 156 valence electrons. The van der Waals surface area contributed by atoms with Gasteiger partial charge in [-0.3, -0.25) is 4.79 Å². The summed E-state index contributed by atoms with van der Waals surface area (Å²) in [5.41, 5.74) is 1.63. The lowest BCUT2D eigenvalue weighted by atomic mass is 10.1. The maximum Gasteiger partial charge on any atom is 0.262 e. The van der Waals surface area contributed by atoms with E-state index in [4.69, 9.17) is 18.9 Å². The molecule has 2 aromatic rings. The van der Waals surface area contributed by atoms with Gasteiger partial charge in [-0.05, 0) is 54.8 Å². The van der Waals surface area contributed by atoms with Crippen molar-refractivity contribution in [2.75, 3.05) is 13.9 Å². The van der Waals surface area contributed by atoms with Gasteiger partial charge in [0.2, 0.25) is 6.79 Å². The normalized spacial score (nSPS) is 13.3. The fraction of sp³-hybridized carbons (Fsp3) is 0.304. The van der Waals surface area contributed by atoms with Gasteiger partial charge in [-0.25, -0.2) is 0 Å². The predicted molar refractivity (Wildman–Crippen MR) is 111 cm³/mol. The van der Waals surface area contributed by atoms with Crippen molar-refractivity contribution in [1.29, 1.82) is 5.26 Å². The van der Waals surface area contributed by atoms with Gasteiger partial charge in [-0.1, -0.05) is 19.1 Å². The van der Waals surface area contributed by atoms with Crippen LogP contribution in [0, 0.1) is 11.3 Å². The number of nitrogens with one attached hydrogen (secondary N) is 1. The third-order valence-corrected chi connectivity index (χ3v) is 4.68. The minimum atomic E-state index is -0.394. The molecule has 1 heterocycles. The molecule has 1 N–H and O–H groups in total. The van der Waals surface area contributed by atoms with E-state index < -0.39 is 5.91 Å². The smallest absolute Gasteiger partial charge is 0.262 e. The number of carbonyl (C=O) groups is 1. The lowest BCUT2D eigenvalue weighted by Crippen LogP contribution is -2.32. The Labute approximate surface area is 175 Å². The SMILES string of the molecule is CC[C@@H](C)NC(=O)/C(C#N)=C/c1ccc(OCc2ccc3c(c2)OCO3)c(OC)c1. The lowest BCUT2D eigenvalue weighted by molar-refractivity contribution is -0.117. The van der Waals surface area contributed by atoms with Gasteiger partial charge in [0.05, 0.1) is 7.11 Å². The van der Waals surface area contributed by atoms with E-state index in [1.165, 1.54) is 13.2 Å². The van der Waals surface area contributed by atoms with Crippen LogP contribution in [0.2, 0.25) is 0 Å². The highest BCUT2D eigenvalue weighted by atomic mass is 16.7. The number of hydrogen-bond donors (Lipinski definition) is 1. The van der Waals surface area contributed by atoms with Crippen molar-refractivity contribution in [3.05, 3.63) is 53.1 Å². The molecule has 3 rings (SSSR count). The van der Waals surface area contributed by atoms with Crippen molar-refractivity contribution >= 4 is 12.0 Å². The van der Waals surface area contributed by atoms with Gasteiger partial charge in [0.25, 0.3) is 5.91 Å². The van der Waals surface area contributed by atoms with E-state index in [1.807, 2.05) is 38.1 Å². The van der Waals surface area contributed by atoms with E-state index in [2.05, 4.69) is 5.32 Å². The topological polar surface area (TPSA) is 89.8 Å². The molecule has 7 nitrogen and oxygen atoms in total. The Morgan fingerprint density at radius 3 is 2.77 bits per heavy atom. The van der Waals surface area contributed by atoms with Crippen molar-refractivity contribution in [3.8, 4) is 29.1 Å². The van der Waals surface area contributed by atoms with E-state index >= 15 is 0 Å². The molecule has 0 aromatic heterocycles. The zero-order valence-corrected chi connectivity index (χ0v) is 17.2. The number of methoxy groups -OCH3 is 1. The van der Waals surface area contributed by atoms with E-state index in [9.17, 15) is 10.1 Å². The van der Waals surface area contributed by atoms with Crippen LogP contribution in [0.25, 0.3) is 6.08 Å². The summed E-state index contributed by atoms with van der Waals surface area (Å²) in [6.45, 7) is 4.40. The molecule has 0 radical (unpaired) electrons. The maximum atomic E-state index is 12.2. The molecule has 30 heavy (non-hydrogen) atoms. The number of rotatable bonds is 8. The first-order valence-corrected chi connectivity index (χ1v) is 9.66. The Hall–Kier alpha value is -3.66. The molecular formula is C23H24N2O5. The van der Waals surface area contributed by atoms with Gasteiger partial charge in [-0.2, -0.15) is 5.26 Å². The lowest BCUT2D eigenvalue weighted by Gasteiger charge is -2.12. The Morgan fingerprint density at radius 2 is 2.03 bits per heavy atom. The van der Waals surface area contributed by atoms with Gasteiger partial charge in [0.15, 0.2) is 23.0 Å². The van der Waals surface area contributed by atoms with Crippen LogP contribution >= 0.6 is 0 Å². The molecule has 0 fully saturated rings. The zero-order chi connectivity index (χ0) is 21.5. The highest BCUT2D eigenvalue weighted by Gasteiger charge is 2.15. The average Bonchev–Trinajstić information content (AvgIpc) is 3.23. The largest absolute Gasteiger partial charge is 0.493 e. The fourth-order valence-electron chi connectivity index (χ4n) is 2.80. The summed E-state index contributed by atoms with van der Waals surface area (Å²) < 4.78 is 22.0. The Balaban J connectivity index is 1.72. The molecule has 0 bridgehead atoms. The van der Waals surface area contributed by atoms with Gasteiger partial charge in [-0.15, -0.1) is 0 Å². The second-order valence-electron chi connectivity index (χ2n) is 6.84. The first-order chi connectivity index (χ1) is 14.5. The standard InChI is InChI=1S/C23H24N2O5/c1-4-15(2)25-23(26)18(12-24)9-16-5-7-19(21(10-16)27-3)28-13-17-6-8-20-22(11-17)30-14-29-20/h5-11,15H,4,13-14H2,1-3H3,(H,25,26)/b18-9+/t15-/m1/s1. The molecule has 0 spiro atoms. The number of nitrogens with zero attached hydrogens (tertiary/aromatic N) is 1. The monoisotopic (exact) mass is 408 g/mol. The maximum absolute atomic E-state index is 12.2. The van der Waals surface area contributed by atoms with Crippen LogP contribution in [-0.2, 0) is 11.4 Å². The highest BCUT2D eigenvalue weighted by molar-refractivity contribution is 6.01. The number of benzene rings is 2. The summed E-state index contributed by atoms with van der Waals surface area (Å²) in [5.74, 6) is 2.08. The van der Waals surface area contributed by atoms with E-state index in [0.717, 1.165) is 17.7 Å². The molecule has 0 unspecified atom stereocenters. The Kier molecular flexibility index (Phi) is 6.81. The van der Waals surface area contributed by atoms with Gasteiger partial charge in [0.1, 0.15) is 18.2 Å². The van der Waals surface area contributed by atoms with Crippen molar-refractivity contribution < 1.29 is 23.7 Å². The molecule has 7 heteroatoms. The molecule has 0 saturated heterocycles. The van der Waals surface area contributed by atoms with Crippen LogP contribution < -0.4 is 24.3 Å². The van der Waals surface area contributed by atoms with Crippen molar-refractivity contribution in [2.24, 2.45) is 0 Å². The summed E-state index contributed by atoms with van der Waals surface area (Å²) in [6, 6.07) is 12.8. The van der Waals surface area contributed by atoms with Crippen molar-refractivity contribution in [2.45, 2.75) is 32.9 Å². The molecule has 1 atom stereocenters. The number of nitriles is 1. The molecule has 1 aliphatic rings. The van der Waals surface area contributed by atoms with Crippen molar-refractivity contribution in [1.82, 2.24) is 5.32 Å². The van der Waals surface area contributed by atoms with Crippen LogP contribution in [0.5, 0.6) is 23.0 Å². The number of carbonyl (C=O) groups excluding carboxylic acids is 1. The molecule has 1 amide bonds. The van der Waals surface area contributed by atoms with Gasteiger partial charge < -0.3 is 24.3 Å². The quantitative estimate of drug-likeness (QED) is 0.527. The third kappa shape index (κ3) is 5.03. The summed E-state index contributed by atoms with van der Waals surface area (Å²) in [7, 11) is 1.54. The van der Waals surface area contributed by atoms with Crippen molar-refractivity contribution in [3.63, 3.8) is 0 Å². The van der Waals surface area contributed by atoms with Crippen LogP contribution in [0.15, 0.2) is 42.0 Å². The Bertz CT molecular complexity index is 994. The summed E-state index contributed by atoms with van der Waals surface area (Å²) in [6.07, 6.45) is 2.32. The van der Waals surface area contributed by atoms with E-state index in [-0.39, 0.29) is 18.4 Å². The fourth-order valence-corrected chi connectivity index (χ4v) is 2.80. The average molecular weight is 408 g/mol. The molecule has 2 aromatic carbocycles. The minimum absolute atomic E-state index is 0.00394. The van der Waals surface area contributed by atoms with E-state index in [1.54, 1.807) is 18.2 Å². The number of ether oxygens (including phenoxy) is 4. The Morgan fingerprint density at radius 1 is 1.23 bits per heavy atom. The minimum Gasteiger partial charge on any atom is -0.493 e. The summed E-state index contributed by atoms with van der Waals surface area (Å²) >= 11 is 0. The zero-order valence-electron chi connectivity index (χ0n) is 17.2. The van der Waals surface area contributed by atoms with E-state index in [0.29, 0.717) is 29.4 Å². The predicted octanol–water partition coefficient (Wildman–Crippen LogP) is 3.82. The molecule has 1 aliphatic heterocycles. The summed E-state index contributed by atoms with van der Waals surface area (Å²) in [5, 5.41) is 12.1. The number of amides is 1. The highest BCUT2D eigenvalue weighted by Crippen LogP contribution is 2.34.